The fourth-order valence-electron chi connectivity index (χ4n) is 1.74. The number of hydrogen-bond acceptors (Lipinski definition) is 4. The summed E-state index contributed by atoms with van der Waals surface area (Å²) >= 11 is 7.09. The maximum atomic E-state index is 12.0. The molecule has 7 heteroatoms. The van der Waals surface area contributed by atoms with Gasteiger partial charge in [-0.2, -0.15) is 0 Å². The van der Waals surface area contributed by atoms with Crippen molar-refractivity contribution in [3.8, 4) is 0 Å². The topological polar surface area (TPSA) is 71.1 Å². The highest BCUT2D eigenvalue weighted by atomic mass is 35.5. The zero-order valence-corrected chi connectivity index (χ0v) is 13.1. The van der Waals surface area contributed by atoms with Crippen LogP contribution in [0, 0.1) is 13.8 Å². The molecule has 0 aliphatic rings. The highest BCUT2D eigenvalue weighted by Crippen LogP contribution is 2.17. The second-order valence-corrected chi connectivity index (χ2v) is 6.02. The van der Waals surface area contributed by atoms with Crippen LogP contribution in [0.1, 0.15) is 20.4 Å². The zero-order chi connectivity index (χ0) is 15.4. The standard InChI is InChI=1S/C14H14ClN3O2S/c1-8-13(21-9(2)17-8)12(19)7-16-14(20)18-11-5-3-10(15)4-6-11/h3-6H,7H2,1-2H3,(H2,16,18,20). The number of aromatic nitrogens is 1. The van der Waals surface area contributed by atoms with Gasteiger partial charge in [-0.25, -0.2) is 9.78 Å². The maximum Gasteiger partial charge on any atom is 0.319 e. The number of hydrogen-bond donors (Lipinski definition) is 2. The first-order chi connectivity index (χ1) is 9.95. The van der Waals surface area contributed by atoms with Gasteiger partial charge < -0.3 is 10.6 Å². The van der Waals surface area contributed by atoms with Crippen molar-refractivity contribution in [3.63, 3.8) is 0 Å². The number of benzene rings is 1. The van der Waals surface area contributed by atoms with Crippen molar-refractivity contribution in [1.29, 1.82) is 0 Å². The van der Waals surface area contributed by atoms with Gasteiger partial charge in [0.05, 0.1) is 22.1 Å². The molecule has 0 fully saturated rings. The molecule has 2 amide bonds. The summed E-state index contributed by atoms with van der Waals surface area (Å²) in [4.78, 5) is 28.5. The van der Waals surface area contributed by atoms with Crippen molar-refractivity contribution < 1.29 is 9.59 Å². The molecule has 5 nitrogen and oxygen atoms in total. The number of urea groups is 1. The van der Waals surface area contributed by atoms with Gasteiger partial charge in [0.2, 0.25) is 0 Å². The normalized spacial score (nSPS) is 10.2. The van der Waals surface area contributed by atoms with Gasteiger partial charge in [0.1, 0.15) is 0 Å². The van der Waals surface area contributed by atoms with Crippen LogP contribution in [-0.4, -0.2) is 23.3 Å². The van der Waals surface area contributed by atoms with Crippen LogP contribution in [0.25, 0.3) is 0 Å². The van der Waals surface area contributed by atoms with Crippen molar-refractivity contribution in [3.05, 3.63) is 44.9 Å². The number of nitrogens with one attached hydrogen (secondary N) is 2. The van der Waals surface area contributed by atoms with Gasteiger partial charge in [-0.15, -0.1) is 11.3 Å². The molecule has 1 aromatic heterocycles. The van der Waals surface area contributed by atoms with E-state index in [1.807, 2.05) is 6.92 Å². The van der Waals surface area contributed by atoms with Crippen LogP contribution < -0.4 is 10.6 Å². The Bertz CT molecular complexity index is 667. The lowest BCUT2D eigenvalue weighted by atomic mass is 10.3. The van der Waals surface area contributed by atoms with Gasteiger partial charge in [-0.1, -0.05) is 11.6 Å². The predicted octanol–water partition coefficient (Wildman–Crippen LogP) is 3.42. The molecule has 2 aromatic rings. The Balaban J connectivity index is 1.88. The third-order valence-electron chi connectivity index (χ3n) is 2.67. The molecule has 1 heterocycles. The van der Waals surface area contributed by atoms with E-state index in [0.717, 1.165) is 5.01 Å². The Kier molecular flexibility index (Phi) is 4.93. The van der Waals surface area contributed by atoms with E-state index in [1.54, 1.807) is 31.2 Å². The molecule has 0 saturated heterocycles. The Morgan fingerprint density at radius 2 is 1.90 bits per heavy atom. The molecule has 0 radical (unpaired) electrons. The fourth-order valence-corrected chi connectivity index (χ4v) is 2.72. The summed E-state index contributed by atoms with van der Waals surface area (Å²) in [5.41, 5.74) is 1.30. The smallest absolute Gasteiger partial charge is 0.319 e. The number of rotatable bonds is 4. The molecule has 2 N–H and O–H groups in total. The van der Waals surface area contributed by atoms with Gasteiger partial charge in [0.15, 0.2) is 5.78 Å². The van der Waals surface area contributed by atoms with Crippen LogP contribution in [-0.2, 0) is 0 Å². The molecule has 0 unspecified atom stereocenters. The summed E-state index contributed by atoms with van der Waals surface area (Å²) < 4.78 is 0. The summed E-state index contributed by atoms with van der Waals surface area (Å²) in [5, 5.41) is 6.57. The minimum Gasteiger partial charge on any atom is -0.330 e. The lowest BCUT2D eigenvalue weighted by Crippen LogP contribution is -2.33. The van der Waals surface area contributed by atoms with E-state index in [2.05, 4.69) is 15.6 Å². The SMILES string of the molecule is Cc1nc(C)c(C(=O)CNC(=O)Nc2ccc(Cl)cc2)s1. The Labute approximate surface area is 131 Å². The number of anilines is 1. The summed E-state index contributed by atoms with van der Waals surface area (Å²) in [6.45, 7) is 3.56. The van der Waals surface area contributed by atoms with Crippen molar-refractivity contribution in [2.24, 2.45) is 0 Å². The molecule has 0 saturated carbocycles. The van der Waals surface area contributed by atoms with E-state index < -0.39 is 6.03 Å². The van der Waals surface area contributed by atoms with E-state index in [1.165, 1.54) is 11.3 Å². The quantitative estimate of drug-likeness (QED) is 0.847. The predicted molar refractivity (Wildman–Crippen MR) is 84.4 cm³/mol. The van der Waals surface area contributed by atoms with Crippen molar-refractivity contribution in [2.45, 2.75) is 13.8 Å². The van der Waals surface area contributed by atoms with E-state index >= 15 is 0 Å². The highest BCUT2D eigenvalue weighted by Gasteiger charge is 2.14. The third-order valence-corrected chi connectivity index (χ3v) is 4.03. The fraction of sp³-hybridized carbons (Fsp3) is 0.214. The van der Waals surface area contributed by atoms with Crippen molar-refractivity contribution in [2.75, 3.05) is 11.9 Å². The van der Waals surface area contributed by atoms with E-state index in [0.29, 0.717) is 21.3 Å². The van der Waals surface area contributed by atoms with Gasteiger partial charge in [-0.05, 0) is 38.1 Å². The minimum absolute atomic E-state index is 0.0676. The summed E-state index contributed by atoms with van der Waals surface area (Å²) in [7, 11) is 0. The second-order valence-electron chi connectivity index (χ2n) is 4.39. The number of nitrogens with zero attached hydrogens (tertiary/aromatic N) is 1. The van der Waals surface area contributed by atoms with Gasteiger partial charge >= 0.3 is 6.03 Å². The first kappa shape index (κ1) is 15.5. The van der Waals surface area contributed by atoms with Gasteiger partial charge in [0.25, 0.3) is 0 Å². The number of thiazole rings is 1. The Hall–Kier alpha value is -1.92. The molecule has 110 valence electrons. The number of Topliss-reactive ketones (excluding diaryl/α,β-unsaturated/α-hetero) is 1. The number of ketones is 1. The van der Waals surface area contributed by atoms with Gasteiger partial charge in [-0.3, -0.25) is 4.79 Å². The van der Waals surface area contributed by atoms with Crippen LogP contribution >= 0.6 is 22.9 Å². The van der Waals surface area contributed by atoms with Crippen LogP contribution in [0.5, 0.6) is 0 Å². The average Bonchev–Trinajstić information content (AvgIpc) is 2.78. The molecule has 0 spiro atoms. The maximum absolute atomic E-state index is 12.0. The number of halogens is 1. The molecule has 0 aliphatic carbocycles. The molecule has 21 heavy (non-hydrogen) atoms. The lowest BCUT2D eigenvalue weighted by molar-refractivity contribution is 0.0996. The highest BCUT2D eigenvalue weighted by molar-refractivity contribution is 7.13. The first-order valence-electron chi connectivity index (χ1n) is 6.23. The van der Waals surface area contributed by atoms with E-state index in [9.17, 15) is 9.59 Å². The number of amides is 2. The molecular formula is C14H14ClN3O2S. The monoisotopic (exact) mass is 323 g/mol. The summed E-state index contributed by atoms with van der Waals surface area (Å²) in [5.74, 6) is -0.149. The molecule has 0 aliphatic heterocycles. The summed E-state index contributed by atoms with van der Waals surface area (Å²) in [6, 6.07) is 6.27. The molecular weight excluding hydrogens is 310 g/mol. The number of aryl methyl sites for hydroxylation is 2. The van der Waals surface area contributed by atoms with Gasteiger partial charge in [0, 0.05) is 10.7 Å². The first-order valence-corrected chi connectivity index (χ1v) is 7.43. The molecule has 1 aromatic carbocycles. The van der Waals surface area contributed by atoms with E-state index in [4.69, 9.17) is 11.6 Å². The van der Waals surface area contributed by atoms with Crippen LogP contribution in [0.15, 0.2) is 24.3 Å². The average molecular weight is 324 g/mol. The lowest BCUT2D eigenvalue weighted by Gasteiger charge is -2.06. The van der Waals surface area contributed by atoms with Crippen LogP contribution in [0.2, 0.25) is 5.02 Å². The van der Waals surface area contributed by atoms with Crippen LogP contribution in [0.4, 0.5) is 10.5 Å². The molecule has 0 bridgehead atoms. The largest absolute Gasteiger partial charge is 0.330 e. The summed E-state index contributed by atoms with van der Waals surface area (Å²) in [6.07, 6.45) is 0. The Morgan fingerprint density at radius 1 is 1.24 bits per heavy atom. The zero-order valence-electron chi connectivity index (χ0n) is 11.6. The van der Waals surface area contributed by atoms with E-state index in [-0.39, 0.29) is 12.3 Å². The van der Waals surface area contributed by atoms with Crippen molar-refractivity contribution >= 4 is 40.4 Å². The number of carbonyl (C=O) groups is 2. The molecule has 2 rings (SSSR count). The molecule has 0 atom stereocenters. The van der Waals surface area contributed by atoms with Crippen LogP contribution in [0.3, 0.4) is 0 Å². The third kappa shape index (κ3) is 4.27. The minimum atomic E-state index is -0.440. The second kappa shape index (κ2) is 6.69. The number of carbonyl (C=O) groups excluding carboxylic acids is 2. The van der Waals surface area contributed by atoms with Crippen molar-refractivity contribution in [1.82, 2.24) is 10.3 Å². The Morgan fingerprint density at radius 3 is 2.48 bits per heavy atom.